The summed E-state index contributed by atoms with van der Waals surface area (Å²) in [5.41, 5.74) is 2.70. The molecule has 2 amide bonds. The quantitative estimate of drug-likeness (QED) is 0.799. The zero-order valence-corrected chi connectivity index (χ0v) is 16.8. The summed E-state index contributed by atoms with van der Waals surface area (Å²) in [7, 11) is 1.76. The molecule has 146 valence electrons. The second-order valence-electron chi connectivity index (χ2n) is 8.12. The molecule has 1 atom stereocenters. The molecular formula is C21H25N5O2. The van der Waals surface area contributed by atoms with Gasteiger partial charge in [-0.3, -0.25) is 14.5 Å². The smallest absolute Gasteiger partial charge is 0.272 e. The van der Waals surface area contributed by atoms with Crippen molar-refractivity contribution in [2.75, 3.05) is 25.0 Å². The fourth-order valence-corrected chi connectivity index (χ4v) is 4.14. The largest absolute Gasteiger partial charge is 0.336 e. The topological polar surface area (TPSA) is 79.3 Å². The van der Waals surface area contributed by atoms with Gasteiger partial charge in [0.2, 0.25) is 5.91 Å². The van der Waals surface area contributed by atoms with Gasteiger partial charge < -0.3 is 4.90 Å². The Kier molecular flexibility index (Phi) is 4.40. The summed E-state index contributed by atoms with van der Waals surface area (Å²) < 4.78 is 0. The number of piperidine rings is 1. The molecule has 0 aromatic carbocycles. The second-order valence-corrected chi connectivity index (χ2v) is 8.12. The van der Waals surface area contributed by atoms with Crippen LogP contribution in [-0.2, 0) is 16.6 Å². The average molecular weight is 379 g/mol. The Balaban J connectivity index is 1.64. The fourth-order valence-electron chi connectivity index (χ4n) is 4.14. The summed E-state index contributed by atoms with van der Waals surface area (Å²) in [6.07, 6.45) is 2.13. The molecule has 0 unspecified atom stereocenters. The number of nitrogens with zero attached hydrogens (tertiary/aromatic N) is 5. The first kappa shape index (κ1) is 18.5. The summed E-state index contributed by atoms with van der Waals surface area (Å²) in [6.45, 7) is 7.16. The third kappa shape index (κ3) is 3.04. The van der Waals surface area contributed by atoms with Crippen molar-refractivity contribution in [3.63, 3.8) is 0 Å². The Morgan fingerprint density at radius 3 is 2.71 bits per heavy atom. The maximum Gasteiger partial charge on any atom is 0.272 e. The number of rotatable bonds is 2. The molecule has 2 aromatic heterocycles. The third-order valence-electron chi connectivity index (χ3n) is 5.84. The highest BCUT2D eigenvalue weighted by Gasteiger charge is 2.39. The van der Waals surface area contributed by atoms with E-state index in [0.717, 1.165) is 29.8 Å². The Morgan fingerprint density at radius 2 is 1.96 bits per heavy atom. The third-order valence-corrected chi connectivity index (χ3v) is 5.84. The van der Waals surface area contributed by atoms with Crippen molar-refractivity contribution >= 4 is 17.6 Å². The molecule has 7 nitrogen and oxygen atoms in total. The first-order chi connectivity index (χ1) is 13.3. The SMILES string of the molecule is Cc1cccc(C(=O)N2CCC[C@](C)(c3nc(C)c4c(n3)N(C)C(=O)C4)C2)n1. The number of carbonyl (C=O) groups is 2. The highest BCUT2D eigenvalue weighted by atomic mass is 16.2. The highest BCUT2D eigenvalue weighted by molar-refractivity contribution is 6.00. The number of likely N-dealkylation sites (N-methyl/N-ethyl adjacent to an activating group) is 1. The van der Waals surface area contributed by atoms with E-state index in [0.29, 0.717) is 36.8 Å². The van der Waals surface area contributed by atoms with Gasteiger partial charge in [-0.1, -0.05) is 13.0 Å². The predicted octanol–water partition coefficient (Wildman–Crippen LogP) is 2.20. The molecule has 7 heteroatoms. The number of aryl methyl sites for hydroxylation is 2. The van der Waals surface area contributed by atoms with Gasteiger partial charge in [0.1, 0.15) is 17.3 Å². The Bertz CT molecular complexity index is 973. The van der Waals surface area contributed by atoms with Crippen molar-refractivity contribution in [1.29, 1.82) is 0 Å². The summed E-state index contributed by atoms with van der Waals surface area (Å²) in [6, 6.07) is 5.51. The van der Waals surface area contributed by atoms with E-state index in [-0.39, 0.29) is 17.2 Å². The average Bonchev–Trinajstić information content (AvgIpc) is 2.96. The molecule has 2 aliphatic rings. The van der Waals surface area contributed by atoms with Crippen LogP contribution in [-0.4, -0.2) is 51.8 Å². The second kappa shape index (κ2) is 6.65. The normalized spacial score (nSPS) is 21.8. The molecule has 0 saturated carbocycles. The molecule has 0 bridgehead atoms. The minimum atomic E-state index is -0.357. The van der Waals surface area contributed by atoms with Gasteiger partial charge in [-0.2, -0.15) is 0 Å². The van der Waals surface area contributed by atoms with Gasteiger partial charge >= 0.3 is 0 Å². The molecule has 1 saturated heterocycles. The van der Waals surface area contributed by atoms with Crippen LogP contribution in [0.15, 0.2) is 18.2 Å². The van der Waals surface area contributed by atoms with Crippen LogP contribution >= 0.6 is 0 Å². The Morgan fingerprint density at radius 1 is 1.18 bits per heavy atom. The minimum Gasteiger partial charge on any atom is -0.336 e. The van der Waals surface area contributed by atoms with E-state index in [1.54, 1.807) is 18.0 Å². The number of hydrogen-bond acceptors (Lipinski definition) is 5. The number of likely N-dealkylation sites (tertiary alicyclic amines) is 1. The summed E-state index contributed by atoms with van der Waals surface area (Å²) in [4.78, 5) is 42.4. The summed E-state index contributed by atoms with van der Waals surface area (Å²) in [5, 5.41) is 0. The number of anilines is 1. The first-order valence-corrected chi connectivity index (χ1v) is 9.66. The maximum atomic E-state index is 13.0. The molecule has 0 N–H and O–H groups in total. The summed E-state index contributed by atoms with van der Waals surface area (Å²) >= 11 is 0. The predicted molar refractivity (Wildman–Crippen MR) is 105 cm³/mol. The van der Waals surface area contributed by atoms with Gasteiger partial charge in [0, 0.05) is 42.5 Å². The van der Waals surface area contributed by atoms with Crippen LogP contribution in [0.25, 0.3) is 0 Å². The first-order valence-electron chi connectivity index (χ1n) is 9.66. The molecule has 4 heterocycles. The van der Waals surface area contributed by atoms with E-state index < -0.39 is 0 Å². The van der Waals surface area contributed by atoms with Crippen LogP contribution in [0.1, 0.15) is 53.0 Å². The molecule has 2 aromatic rings. The lowest BCUT2D eigenvalue weighted by Gasteiger charge is -2.39. The minimum absolute atomic E-state index is 0.0423. The van der Waals surface area contributed by atoms with Crippen molar-refractivity contribution < 1.29 is 9.59 Å². The molecule has 0 radical (unpaired) electrons. The van der Waals surface area contributed by atoms with E-state index in [1.807, 2.05) is 30.9 Å². The standard InChI is InChI=1S/C21H25N5O2/c1-13-7-5-8-16(22-13)19(28)26-10-6-9-21(3,12-26)20-23-14(2)15-11-17(27)25(4)18(15)24-20/h5,7-8H,6,9-12H2,1-4H3/t21-/m0/s1. The van der Waals surface area contributed by atoms with Crippen molar-refractivity contribution in [3.05, 3.63) is 46.7 Å². The number of carbonyl (C=O) groups excluding carboxylic acids is 2. The molecule has 2 aliphatic heterocycles. The van der Waals surface area contributed by atoms with E-state index in [2.05, 4.69) is 11.9 Å². The van der Waals surface area contributed by atoms with Gasteiger partial charge in [0.05, 0.1) is 6.42 Å². The van der Waals surface area contributed by atoms with E-state index in [9.17, 15) is 9.59 Å². The Hall–Kier alpha value is -2.83. The van der Waals surface area contributed by atoms with E-state index in [1.165, 1.54) is 0 Å². The van der Waals surface area contributed by atoms with Gasteiger partial charge in [0.15, 0.2) is 0 Å². The zero-order valence-electron chi connectivity index (χ0n) is 16.8. The van der Waals surface area contributed by atoms with Crippen LogP contribution in [0.4, 0.5) is 5.82 Å². The number of pyridine rings is 1. The number of hydrogen-bond donors (Lipinski definition) is 0. The Labute approximate surface area is 164 Å². The van der Waals surface area contributed by atoms with Gasteiger partial charge in [0.25, 0.3) is 5.91 Å². The fraction of sp³-hybridized carbons (Fsp3) is 0.476. The highest BCUT2D eigenvalue weighted by Crippen LogP contribution is 2.36. The van der Waals surface area contributed by atoms with E-state index in [4.69, 9.17) is 9.97 Å². The number of amides is 2. The lowest BCUT2D eigenvalue weighted by Crippen LogP contribution is -2.48. The molecule has 4 rings (SSSR count). The van der Waals surface area contributed by atoms with E-state index >= 15 is 0 Å². The van der Waals surface area contributed by atoms with Crippen LogP contribution in [0.5, 0.6) is 0 Å². The van der Waals surface area contributed by atoms with Gasteiger partial charge in [-0.25, -0.2) is 15.0 Å². The molecule has 1 fully saturated rings. The number of fused-ring (bicyclic) bond motifs is 1. The van der Waals surface area contributed by atoms with Crippen molar-refractivity contribution in [2.45, 2.75) is 45.4 Å². The number of aromatic nitrogens is 3. The van der Waals surface area contributed by atoms with Crippen LogP contribution < -0.4 is 4.90 Å². The van der Waals surface area contributed by atoms with Crippen LogP contribution in [0, 0.1) is 13.8 Å². The molecule has 28 heavy (non-hydrogen) atoms. The van der Waals surface area contributed by atoms with Crippen molar-refractivity contribution in [1.82, 2.24) is 19.9 Å². The lowest BCUT2D eigenvalue weighted by molar-refractivity contribution is -0.117. The molecule has 0 spiro atoms. The molecular weight excluding hydrogens is 354 g/mol. The summed E-state index contributed by atoms with van der Waals surface area (Å²) in [5.74, 6) is 1.40. The van der Waals surface area contributed by atoms with Crippen molar-refractivity contribution in [3.8, 4) is 0 Å². The van der Waals surface area contributed by atoms with Crippen LogP contribution in [0.2, 0.25) is 0 Å². The lowest BCUT2D eigenvalue weighted by atomic mass is 9.80. The van der Waals surface area contributed by atoms with Crippen molar-refractivity contribution in [2.24, 2.45) is 0 Å². The van der Waals surface area contributed by atoms with Gasteiger partial charge in [-0.15, -0.1) is 0 Å². The zero-order chi connectivity index (χ0) is 20.1. The maximum absolute atomic E-state index is 13.0. The monoisotopic (exact) mass is 379 g/mol. The van der Waals surface area contributed by atoms with Gasteiger partial charge in [-0.05, 0) is 38.8 Å². The molecule has 0 aliphatic carbocycles. The van der Waals surface area contributed by atoms with Crippen LogP contribution in [0.3, 0.4) is 0 Å².